The van der Waals surface area contributed by atoms with Crippen LogP contribution >= 0.6 is 0 Å². The van der Waals surface area contributed by atoms with Crippen LogP contribution in [0.2, 0.25) is 0 Å². The molecule has 0 spiro atoms. The standard InChI is InChI=1S/C19H36N2O3/c1-14(2)17-6-5-15(3)11-18(17)24-13-19(22)20-12-16(4)21-7-9-23-10-8-21/h14-18H,5-13H2,1-4H3,(H,20,22)/t15-,16+,17-,18+/m1/s1. The molecule has 24 heavy (non-hydrogen) atoms. The van der Waals surface area contributed by atoms with Crippen LogP contribution in [0.25, 0.3) is 0 Å². The van der Waals surface area contributed by atoms with Gasteiger partial charge in [0.05, 0.1) is 19.3 Å². The molecule has 1 amide bonds. The average Bonchev–Trinajstić information content (AvgIpc) is 2.58. The van der Waals surface area contributed by atoms with E-state index in [1.54, 1.807) is 0 Å². The molecule has 0 aromatic rings. The van der Waals surface area contributed by atoms with Crippen molar-refractivity contribution in [2.75, 3.05) is 39.5 Å². The molecule has 0 aromatic carbocycles. The number of ether oxygens (including phenoxy) is 2. The summed E-state index contributed by atoms with van der Waals surface area (Å²) in [5, 5.41) is 3.03. The molecule has 2 rings (SSSR count). The first-order valence-corrected chi connectivity index (χ1v) is 9.67. The number of nitrogens with zero attached hydrogens (tertiary/aromatic N) is 1. The number of carbonyl (C=O) groups is 1. The van der Waals surface area contributed by atoms with E-state index in [4.69, 9.17) is 9.47 Å². The number of morpholine rings is 1. The highest BCUT2D eigenvalue weighted by Crippen LogP contribution is 2.35. The van der Waals surface area contributed by atoms with Gasteiger partial charge in [-0.25, -0.2) is 0 Å². The van der Waals surface area contributed by atoms with E-state index in [1.807, 2.05) is 0 Å². The molecular weight excluding hydrogens is 304 g/mol. The Kier molecular flexibility index (Phi) is 7.98. The maximum absolute atomic E-state index is 12.2. The number of hydrogen-bond acceptors (Lipinski definition) is 4. The third-order valence-electron chi connectivity index (χ3n) is 5.65. The van der Waals surface area contributed by atoms with Crippen molar-refractivity contribution in [3.8, 4) is 0 Å². The van der Waals surface area contributed by atoms with Gasteiger partial charge < -0.3 is 14.8 Å². The van der Waals surface area contributed by atoms with E-state index < -0.39 is 0 Å². The van der Waals surface area contributed by atoms with Crippen molar-refractivity contribution in [1.82, 2.24) is 10.2 Å². The molecule has 140 valence electrons. The molecular formula is C19H36N2O3. The lowest BCUT2D eigenvalue weighted by Gasteiger charge is -2.37. The summed E-state index contributed by atoms with van der Waals surface area (Å²) in [5.41, 5.74) is 0. The Morgan fingerprint density at radius 3 is 2.62 bits per heavy atom. The van der Waals surface area contributed by atoms with Crippen LogP contribution in [-0.4, -0.2) is 62.4 Å². The summed E-state index contributed by atoms with van der Waals surface area (Å²) in [6.45, 7) is 13.3. The van der Waals surface area contributed by atoms with Gasteiger partial charge in [-0.3, -0.25) is 9.69 Å². The van der Waals surface area contributed by atoms with Crippen LogP contribution in [0.1, 0.15) is 47.0 Å². The van der Waals surface area contributed by atoms with Gasteiger partial charge in [-0.2, -0.15) is 0 Å². The van der Waals surface area contributed by atoms with Gasteiger partial charge in [0, 0.05) is 25.7 Å². The van der Waals surface area contributed by atoms with Crippen molar-refractivity contribution in [2.24, 2.45) is 17.8 Å². The lowest BCUT2D eigenvalue weighted by atomic mass is 9.75. The maximum Gasteiger partial charge on any atom is 0.246 e. The molecule has 2 fully saturated rings. The lowest BCUT2D eigenvalue weighted by Crippen LogP contribution is -2.48. The highest BCUT2D eigenvalue weighted by molar-refractivity contribution is 5.77. The van der Waals surface area contributed by atoms with Gasteiger partial charge in [0.1, 0.15) is 6.61 Å². The summed E-state index contributed by atoms with van der Waals surface area (Å²) in [5.74, 6) is 1.92. The predicted molar refractivity (Wildman–Crippen MR) is 95.9 cm³/mol. The van der Waals surface area contributed by atoms with Crippen molar-refractivity contribution in [1.29, 1.82) is 0 Å². The summed E-state index contributed by atoms with van der Waals surface area (Å²) in [4.78, 5) is 14.5. The number of carbonyl (C=O) groups excluding carboxylic acids is 1. The number of rotatable bonds is 7. The fraction of sp³-hybridized carbons (Fsp3) is 0.947. The zero-order valence-electron chi connectivity index (χ0n) is 15.9. The van der Waals surface area contributed by atoms with Crippen LogP contribution in [0, 0.1) is 17.8 Å². The van der Waals surface area contributed by atoms with Gasteiger partial charge >= 0.3 is 0 Å². The smallest absolute Gasteiger partial charge is 0.246 e. The molecule has 1 saturated carbocycles. The van der Waals surface area contributed by atoms with E-state index in [0.717, 1.165) is 32.7 Å². The van der Waals surface area contributed by atoms with Gasteiger partial charge in [0.2, 0.25) is 5.91 Å². The fourth-order valence-corrected chi connectivity index (χ4v) is 3.95. The topological polar surface area (TPSA) is 50.8 Å². The molecule has 1 saturated heterocycles. The van der Waals surface area contributed by atoms with Crippen LogP contribution in [0.15, 0.2) is 0 Å². The molecule has 1 aliphatic carbocycles. The van der Waals surface area contributed by atoms with Crippen LogP contribution in [-0.2, 0) is 14.3 Å². The Hall–Kier alpha value is -0.650. The number of nitrogens with one attached hydrogen (secondary N) is 1. The second-order valence-electron chi connectivity index (χ2n) is 7.98. The molecule has 0 aromatic heterocycles. The molecule has 5 nitrogen and oxygen atoms in total. The summed E-state index contributed by atoms with van der Waals surface area (Å²) in [7, 11) is 0. The zero-order valence-corrected chi connectivity index (χ0v) is 15.9. The second-order valence-corrected chi connectivity index (χ2v) is 7.98. The Morgan fingerprint density at radius 2 is 1.96 bits per heavy atom. The van der Waals surface area contributed by atoms with Crippen LogP contribution in [0.5, 0.6) is 0 Å². The molecule has 4 atom stereocenters. The third kappa shape index (κ3) is 6.01. The van der Waals surface area contributed by atoms with E-state index in [2.05, 4.69) is 37.9 Å². The minimum absolute atomic E-state index is 0.0100. The summed E-state index contributed by atoms with van der Waals surface area (Å²) in [6.07, 6.45) is 3.82. The first kappa shape index (κ1) is 19.7. The predicted octanol–water partition coefficient (Wildman–Crippen LogP) is 2.30. The van der Waals surface area contributed by atoms with Crippen molar-refractivity contribution >= 4 is 5.91 Å². The minimum Gasteiger partial charge on any atom is -0.379 e. The van der Waals surface area contributed by atoms with Gasteiger partial charge in [0.15, 0.2) is 0 Å². The highest BCUT2D eigenvalue weighted by Gasteiger charge is 2.31. The fourth-order valence-electron chi connectivity index (χ4n) is 3.95. The Balaban J connectivity index is 1.69. The van der Waals surface area contributed by atoms with Crippen molar-refractivity contribution < 1.29 is 14.3 Å². The summed E-state index contributed by atoms with van der Waals surface area (Å²) in [6, 6.07) is 0.343. The monoisotopic (exact) mass is 340 g/mol. The molecule has 0 radical (unpaired) electrons. The second kappa shape index (κ2) is 9.73. The SMILES string of the molecule is CC(C)[C@H]1CC[C@@H](C)C[C@@H]1OCC(=O)NC[C@H](C)N1CCOCC1. The quantitative estimate of drug-likeness (QED) is 0.773. The van der Waals surface area contributed by atoms with Gasteiger partial charge in [-0.05, 0) is 37.5 Å². The van der Waals surface area contributed by atoms with E-state index >= 15 is 0 Å². The van der Waals surface area contributed by atoms with Gasteiger partial charge in [-0.15, -0.1) is 0 Å². The first-order chi connectivity index (χ1) is 11.5. The van der Waals surface area contributed by atoms with E-state index in [0.29, 0.717) is 30.3 Å². The maximum atomic E-state index is 12.2. The highest BCUT2D eigenvalue weighted by atomic mass is 16.5. The molecule has 1 N–H and O–H groups in total. The molecule has 1 aliphatic heterocycles. The molecule has 1 heterocycles. The number of amides is 1. The lowest BCUT2D eigenvalue weighted by molar-refractivity contribution is -0.131. The van der Waals surface area contributed by atoms with E-state index in [1.165, 1.54) is 12.8 Å². The third-order valence-corrected chi connectivity index (χ3v) is 5.65. The molecule has 0 unspecified atom stereocenters. The minimum atomic E-state index is 0.0100. The van der Waals surface area contributed by atoms with Crippen molar-refractivity contribution in [3.63, 3.8) is 0 Å². The number of hydrogen-bond donors (Lipinski definition) is 1. The summed E-state index contributed by atoms with van der Waals surface area (Å²) >= 11 is 0. The molecule has 0 bridgehead atoms. The molecule has 2 aliphatic rings. The normalized spacial score (nSPS) is 30.3. The Bertz CT molecular complexity index is 383. The van der Waals surface area contributed by atoms with E-state index in [9.17, 15) is 4.79 Å². The van der Waals surface area contributed by atoms with Crippen LogP contribution in [0.3, 0.4) is 0 Å². The Labute approximate surface area is 147 Å². The first-order valence-electron chi connectivity index (χ1n) is 9.67. The molecule has 5 heteroatoms. The van der Waals surface area contributed by atoms with Crippen LogP contribution < -0.4 is 5.32 Å². The zero-order chi connectivity index (χ0) is 17.5. The van der Waals surface area contributed by atoms with Gasteiger partial charge in [-0.1, -0.05) is 27.2 Å². The average molecular weight is 341 g/mol. The summed E-state index contributed by atoms with van der Waals surface area (Å²) < 4.78 is 11.4. The van der Waals surface area contributed by atoms with Crippen molar-refractivity contribution in [2.45, 2.75) is 59.1 Å². The van der Waals surface area contributed by atoms with Crippen molar-refractivity contribution in [3.05, 3.63) is 0 Å². The van der Waals surface area contributed by atoms with E-state index in [-0.39, 0.29) is 18.6 Å². The van der Waals surface area contributed by atoms with Gasteiger partial charge in [0.25, 0.3) is 0 Å². The van der Waals surface area contributed by atoms with Crippen LogP contribution in [0.4, 0.5) is 0 Å². The largest absolute Gasteiger partial charge is 0.379 e. The Morgan fingerprint density at radius 1 is 1.25 bits per heavy atom.